The fourth-order valence-electron chi connectivity index (χ4n) is 2.11. The summed E-state index contributed by atoms with van der Waals surface area (Å²) >= 11 is 5.67. The highest BCUT2D eigenvalue weighted by Crippen LogP contribution is 2.20. The summed E-state index contributed by atoms with van der Waals surface area (Å²) in [5, 5.41) is 0.394. The number of carbonyl (C=O) groups excluding carboxylic acids is 1. The third-order valence-electron chi connectivity index (χ3n) is 3.29. The number of ether oxygens (including phenoxy) is 1. The van der Waals surface area contributed by atoms with Gasteiger partial charge < -0.3 is 9.64 Å². The Morgan fingerprint density at radius 1 is 1.50 bits per heavy atom. The minimum Gasteiger partial charge on any atom is -0.425 e. The predicted octanol–water partition coefficient (Wildman–Crippen LogP) is 2.37. The predicted molar refractivity (Wildman–Crippen MR) is 69.7 cm³/mol. The van der Waals surface area contributed by atoms with E-state index in [4.69, 9.17) is 16.3 Å². The topological polar surface area (TPSA) is 42.4 Å². The molecule has 0 bridgehead atoms. The first-order chi connectivity index (χ1) is 8.69. The molecular weight excluding hydrogens is 252 g/mol. The van der Waals surface area contributed by atoms with E-state index in [1.54, 1.807) is 12.1 Å². The molecule has 0 spiro atoms. The molecule has 18 heavy (non-hydrogen) atoms. The number of halogens is 1. The van der Waals surface area contributed by atoms with Crippen LogP contribution in [0.25, 0.3) is 0 Å². The van der Waals surface area contributed by atoms with E-state index in [1.165, 1.54) is 6.20 Å². The average molecular weight is 269 g/mol. The minimum atomic E-state index is -0.158. The molecule has 1 aromatic heterocycles. The van der Waals surface area contributed by atoms with Gasteiger partial charge in [-0.1, -0.05) is 18.5 Å². The second-order valence-electron chi connectivity index (χ2n) is 4.45. The van der Waals surface area contributed by atoms with Gasteiger partial charge in [-0.3, -0.25) is 4.79 Å². The first kappa shape index (κ1) is 13.3. The molecule has 4 nitrogen and oxygen atoms in total. The molecule has 0 aliphatic carbocycles. The van der Waals surface area contributed by atoms with E-state index >= 15 is 0 Å². The zero-order valence-electron chi connectivity index (χ0n) is 10.4. The average Bonchev–Trinajstić information content (AvgIpc) is 2.41. The molecule has 0 amide bonds. The monoisotopic (exact) mass is 268 g/mol. The van der Waals surface area contributed by atoms with Gasteiger partial charge in [0.05, 0.1) is 12.1 Å². The number of hydrogen-bond acceptors (Lipinski definition) is 4. The largest absolute Gasteiger partial charge is 0.425 e. The Labute approximate surface area is 112 Å². The van der Waals surface area contributed by atoms with Crippen molar-refractivity contribution in [2.24, 2.45) is 5.92 Å². The van der Waals surface area contributed by atoms with Gasteiger partial charge in [0.1, 0.15) is 10.9 Å². The summed E-state index contributed by atoms with van der Waals surface area (Å²) in [5.74, 6) is 0.306. The van der Waals surface area contributed by atoms with Crippen LogP contribution in [0.15, 0.2) is 18.3 Å². The zero-order chi connectivity index (χ0) is 13.0. The van der Waals surface area contributed by atoms with Crippen LogP contribution in [0.3, 0.4) is 0 Å². The molecule has 2 rings (SSSR count). The molecule has 1 saturated heterocycles. The van der Waals surface area contributed by atoms with Crippen LogP contribution in [0.2, 0.25) is 5.15 Å². The lowest BCUT2D eigenvalue weighted by molar-refractivity contribution is -0.140. The molecule has 0 unspecified atom stereocenters. The number of pyridine rings is 1. The molecular formula is C13H17ClN2O2. The second kappa shape index (κ2) is 6.16. The highest BCUT2D eigenvalue weighted by molar-refractivity contribution is 6.29. The lowest BCUT2D eigenvalue weighted by atomic mass is 9.97. The van der Waals surface area contributed by atoms with E-state index < -0.39 is 0 Å². The smallest absolute Gasteiger partial charge is 0.314 e. The molecule has 0 atom stereocenters. The van der Waals surface area contributed by atoms with Crippen molar-refractivity contribution in [2.45, 2.75) is 19.8 Å². The third-order valence-corrected chi connectivity index (χ3v) is 3.51. The van der Waals surface area contributed by atoms with Crippen molar-refractivity contribution < 1.29 is 9.53 Å². The molecule has 2 heterocycles. The maximum atomic E-state index is 11.9. The SMILES string of the molecule is CCN1CCC(C(=O)Oc2ccc(Cl)nc2)CC1. The first-order valence-electron chi connectivity index (χ1n) is 6.24. The van der Waals surface area contributed by atoms with Crippen LogP contribution >= 0.6 is 11.6 Å². The Morgan fingerprint density at radius 2 is 2.22 bits per heavy atom. The van der Waals surface area contributed by atoms with Crippen molar-refractivity contribution in [1.29, 1.82) is 0 Å². The van der Waals surface area contributed by atoms with Gasteiger partial charge in [-0.2, -0.15) is 0 Å². The van der Waals surface area contributed by atoms with E-state index in [0.717, 1.165) is 32.5 Å². The molecule has 1 aliphatic rings. The number of nitrogens with zero attached hydrogens (tertiary/aromatic N) is 2. The minimum absolute atomic E-state index is 0.00322. The number of hydrogen-bond donors (Lipinski definition) is 0. The molecule has 98 valence electrons. The lowest BCUT2D eigenvalue weighted by Crippen LogP contribution is -2.37. The van der Waals surface area contributed by atoms with E-state index in [0.29, 0.717) is 10.9 Å². The lowest BCUT2D eigenvalue weighted by Gasteiger charge is -2.29. The van der Waals surface area contributed by atoms with E-state index in [2.05, 4.69) is 16.8 Å². The van der Waals surface area contributed by atoms with Crippen LogP contribution in [0, 0.1) is 5.92 Å². The second-order valence-corrected chi connectivity index (χ2v) is 4.83. The van der Waals surface area contributed by atoms with Crippen molar-refractivity contribution in [1.82, 2.24) is 9.88 Å². The van der Waals surface area contributed by atoms with Gasteiger partial charge in [-0.15, -0.1) is 0 Å². The Balaban J connectivity index is 1.87. The van der Waals surface area contributed by atoms with Crippen LogP contribution in [0.1, 0.15) is 19.8 Å². The van der Waals surface area contributed by atoms with Crippen molar-refractivity contribution in [3.8, 4) is 5.75 Å². The summed E-state index contributed by atoms with van der Waals surface area (Å²) in [6.45, 7) is 5.12. The van der Waals surface area contributed by atoms with Crippen LogP contribution in [-0.2, 0) is 4.79 Å². The molecule has 5 heteroatoms. The Hall–Kier alpha value is -1.13. The van der Waals surface area contributed by atoms with Gasteiger partial charge in [0.2, 0.25) is 0 Å². The van der Waals surface area contributed by atoms with Gasteiger partial charge in [0, 0.05) is 0 Å². The molecule has 0 aromatic carbocycles. The number of likely N-dealkylation sites (tertiary alicyclic amines) is 1. The highest BCUT2D eigenvalue weighted by Gasteiger charge is 2.25. The zero-order valence-corrected chi connectivity index (χ0v) is 11.2. The van der Waals surface area contributed by atoms with Gasteiger partial charge in [-0.05, 0) is 44.6 Å². The standard InChI is InChI=1S/C13H17ClN2O2/c1-2-16-7-5-10(6-8-16)13(17)18-11-3-4-12(14)15-9-11/h3-4,9-10H,2,5-8H2,1H3. The summed E-state index contributed by atoms with van der Waals surface area (Å²) in [5.41, 5.74) is 0. The fraction of sp³-hybridized carbons (Fsp3) is 0.538. The van der Waals surface area contributed by atoms with Gasteiger partial charge in [0.25, 0.3) is 0 Å². The van der Waals surface area contributed by atoms with Gasteiger partial charge in [0.15, 0.2) is 0 Å². The van der Waals surface area contributed by atoms with Crippen molar-refractivity contribution in [3.63, 3.8) is 0 Å². The fourth-order valence-corrected chi connectivity index (χ4v) is 2.22. The summed E-state index contributed by atoms with van der Waals surface area (Å²) in [6.07, 6.45) is 3.21. The van der Waals surface area contributed by atoms with Crippen LogP contribution in [0.5, 0.6) is 5.75 Å². The van der Waals surface area contributed by atoms with Gasteiger partial charge in [-0.25, -0.2) is 4.98 Å². The number of piperidine rings is 1. The van der Waals surface area contributed by atoms with Crippen molar-refractivity contribution in [2.75, 3.05) is 19.6 Å². The Bertz CT molecular complexity index is 400. The number of carbonyl (C=O) groups is 1. The highest BCUT2D eigenvalue weighted by atomic mass is 35.5. The van der Waals surface area contributed by atoms with Gasteiger partial charge >= 0.3 is 5.97 Å². The molecule has 1 aliphatic heterocycles. The Morgan fingerprint density at radius 3 is 2.78 bits per heavy atom. The van der Waals surface area contributed by atoms with Crippen LogP contribution in [-0.4, -0.2) is 35.5 Å². The van der Waals surface area contributed by atoms with E-state index in [1.807, 2.05) is 0 Å². The summed E-state index contributed by atoms with van der Waals surface area (Å²) in [7, 11) is 0. The molecule has 0 N–H and O–H groups in total. The summed E-state index contributed by atoms with van der Waals surface area (Å²) < 4.78 is 5.30. The molecule has 0 radical (unpaired) electrons. The third kappa shape index (κ3) is 3.43. The molecule has 0 saturated carbocycles. The molecule has 1 fully saturated rings. The van der Waals surface area contributed by atoms with Crippen LogP contribution < -0.4 is 4.74 Å². The van der Waals surface area contributed by atoms with Crippen molar-refractivity contribution in [3.05, 3.63) is 23.5 Å². The first-order valence-corrected chi connectivity index (χ1v) is 6.62. The number of rotatable bonds is 3. The summed E-state index contributed by atoms with van der Waals surface area (Å²) in [4.78, 5) is 18.2. The van der Waals surface area contributed by atoms with E-state index in [9.17, 15) is 4.79 Å². The van der Waals surface area contributed by atoms with E-state index in [-0.39, 0.29) is 11.9 Å². The molecule has 1 aromatic rings. The normalized spacial score (nSPS) is 17.7. The Kier molecular flexibility index (Phi) is 4.55. The van der Waals surface area contributed by atoms with Crippen molar-refractivity contribution >= 4 is 17.6 Å². The number of esters is 1. The maximum absolute atomic E-state index is 11.9. The van der Waals surface area contributed by atoms with Crippen LogP contribution in [0.4, 0.5) is 0 Å². The maximum Gasteiger partial charge on any atom is 0.314 e. The summed E-state index contributed by atoms with van der Waals surface area (Å²) in [6, 6.07) is 3.28. The number of aromatic nitrogens is 1. The quantitative estimate of drug-likeness (QED) is 0.624.